The summed E-state index contributed by atoms with van der Waals surface area (Å²) in [5, 5.41) is 2.96. The van der Waals surface area contributed by atoms with Crippen molar-refractivity contribution < 1.29 is 23.9 Å². The zero-order valence-corrected chi connectivity index (χ0v) is 22.3. The summed E-state index contributed by atoms with van der Waals surface area (Å²) >= 11 is 0. The lowest BCUT2D eigenvalue weighted by Gasteiger charge is -2.37. The SMILES string of the molecule is CO[C@H](Cc1ccc(OCc2ccccc2)cc1)NC(=O)CN1CCN(C(=O)[C@@H]2CCCN2C(C)=O)CC1. The maximum atomic E-state index is 12.9. The molecule has 0 aromatic heterocycles. The largest absolute Gasteiger partial charge is 0.489 e. The van der Waals surface area contributed by atoms with E-state index in [1.165, 1.54) is 6.92 Å². The molecule has 2 aliphatic rings. The van der Waals surface area contributed by atoms with Gasteiger partial charge in [-0.15, -0.1) is 0 Å². The van der Waals surface area contributed by atoms with Crippen molar-refractivity contribution in [2.24, 2.45) is 0 Å². The Bertz CT molecular complexity index is 1070. The summed E-state index contributed by atoms with van der Waals surface area (Å²) in [6.07, 6.45) is 1.69. The van der Waals surface area contributed by atoms with Gasteiger partial charge in [-0.3, -0.25) is 19.3 Å². The second-order valence-corrected chi connectivity index (χ2v) is 9.89. The molecule has 0 saturated carbocycles. The molecule has 0 radical (unpaired) electrons. The minimum Gasteiger partial charge on any atom is -0.489 e. The number of carbonyl (C=O) groups excluding carboxylic acids is 3. The van der Waals surface area contributed by atoms with E-state index in [0.717, 1.165) is 29.7 Å². The van der Waals surface area contributed by atoms with Crippen LogP contribution in [-0.2, 0) is 32.1 Å². The van der Waals surface area contributed by atoms with Crippen LogP contribution in [0.4, 0.5) is 0 Å². The van der Waals surface area contributed by atoms with Crippen LogP contribution >= 0.6 is 0 Å². The molecule has 2 aromatic carbocycles. The van der Waals surface area contributed by atoms with Gasteiger partial charge in [0.25, 0.3) is 0 Å². The second-order valence-electron chi connectivity index (χ2n) is 9.89. The summed E-state index contributed by atoms with van der Waals surface area (Å²) in [6, 6.07) is 17.5. The highest BCUT2D eigenvalue weighted by Crippen LogP contribution is 2.20. The number of benzene rings is 2. The van der Waals surface area contributed by atoms with Crippen molar-refractivity contribution in [3.8, 4) is 5.75 Å². The monoisotopic (exact) mass is 522 g/mol. The van der Waals surface area contributed by atoms with Gasteiger partial charge in [-0.25, -0.2) is 0 Å². The van der Waals surface area contributed by atoms with Crippen molar-refractivity contribution in [2.45, 2.75) is 45.1 Å². The third-order valence-electron chi connectivity index (χ3n) is 7.19. The molecule has 9 heteroatoms. The first-order valence-electron chi connectivity index (χ1n) is 13.3. The van der Waals surface area contributed by atoms with Crippen molar-refractivity contribution >= 4 is 17.7 Å². The summed E-state index contributed by atoms with van der Waals surface area (Å²) in [5.41, 5.74) is 2.14. The summed E-state index contributed by atoms with van der Waals surface area (Å²) in [5.74, 6) is 0.655. The Balaban J connectivity index is 1.18. The Labute approximate surface area is 224 Å². The van der Waals surface area contributed by atoms with Crippen molar-refractivity contribution in [3.63, 3.8) is 0 Å². The predicted octanol–water partition coefficient (Wildman–Crippen LogP) is 2.05. The van der Waals surface area contributed by atoms with Crippen LogP contribution < -0.4 is 10.1 Å². The number of likely N-dealkylation sites (tertiary alicyclic amines) is 1. The van der Waals surface area contributed by atoms with E-state index in [1.807, 2.05) is 64.4 Å². The maximum absolute atomic E-state index is 12.9. The molecule has 2 fully saturated rings. The molecule has 38 heavy (non-hydrogen) atoms. The van der Waals surface area contributed by atoms with Gasteiger partial charge in [0.1, 0.15) is 24.6 Å². The van der Waals surface area contributed by atoms with Gasteiger partial charge in [-0.05, 0) is 36.1 Å². The quantitative estimate of drug-likeness (QED) is 0.481. The van der Waals surface area contributed by atoms with Gasteiger partial charge in [-0.1, -0.05) is 42.5 Å². The first-order chi connectivity index (χ1) is 18.4. The van der Waals surface area contributed by atoms with Gasteiger partial charge >= 0.3 is 0 Å². The number of rotatable bonds is 10. The molecule has 2 aliphatic heterocycles. The number of methoxy groups -OCH3 is 1. The highest BCUT2D eigenvalue weighted by atomic mass is 16.5. The fourth-order valence-electron chi connectivity index (χ4n) is 5.04. The van der Waals surface area contributed by atoms with Crippen LogP contribution in [0.25, 0.3) is 0 Å². The number of nitrogens with zero attached hydrogens (tertiary/aromatic N) is 3. The molecule has 0 unspecified atom stereocenters. The molecule has 204 valence electrons. The van der Waals surface area contributed by atoms with Crippen LogP contribution in [0, 0.1) is 0 Å². The van der Waals surface area contributed by atoms with Crippen molar-refractivity contribution in [3.05, 3.63) is 65.7 Å². The number of piperazine rings is 1. The summed E-state index contributed by atoms with van der Waals surface area (Å²) < 4.78 is 11.4. The van der Waals surface area contributed by atoms with E-state index < -0.39 is 6.23 Å². The van der Waals surface area contributed by atoms with Crippen molar-refractivity contribution in [1.82, 2.24) is 20.0 Å². The Kier molecular flexibility index (Phi) is 9.73. The first kappa shape index (κ1) is 27.6. The van der Waals surface area contributed by atoms with Crippen molar-refractivity contribution in [1.29, 1.82) is 0 Å². The molecule has 0 aliphatic carbocycles. The topological polar surface area (TPSA) is 91.4 Å². The number of ether oxygens (including phenoxy) is 2. The molecule has 1 N–H and O–H groups in total. The standard InChI is InChI=1S/C29H38N4O5/c1-22(34)33-14-6-9-26(33)29(36)32-17-15-31(16-18-32)20-27(35)30-28(37-2)19-23-10-12-25(13-11-23)38-21-24-7-4-3-5-8-24/h3-5,7-8,10-13,26,28H,6,9,14-21H2,1-2H3,(H,30,35)/t26-,28+/m0/s1. The summed E-state index contributed by atoms with van der Waals surface area (Å²) in [4.78, 5) is 43.0. The Hall–Kier alpha value is -3.43. The van der Waals surface area contributed by atoms with Crippen LogP contribution in [0.3, 0.4) is 0 Å². The molecule has 2 saturated heterocycles. The number of hydrogen-bond acceptors (Lipinski definition) is 6. The molecule has 2 heterocycles. The maximum Gasteiger partial charge on any atom is 0.245 e. The van der Waals surface area contributed by atoms with Gasteiger partial charge in [-0.2, -0.15) is 0 Å². The fourth-order valence-corrected chi connectivity index (χ4v) is 5.04. The molecular formula is C29H38N4O5. The number of nitrogens with one attached hydrogen (secondary N) is 1. The normalized spacial score (nSPS) is 18.7. The second kappa shape index (κ2) is 13.4. The smallest absolute Gasteiger partial charge is 0.245 e. The van der Waals surface area contributed by atoms with E-state index in [9.17, 15) is 14.4 Å². The van der Waals surface area contributed by atoms with Crippen LogP contribution in [0.15, 0.2) is 54.6 Å². The van der Waals surface area contributed by atoms with E-state index in [0.29, 0.717) is 45.8 Å². The van der Waals surface area contributed by atoms with Crippen molar-refractivity contribution in [2.75, 3.05) is 46.4 Å². The van der Waals surface area contributed by atoms with Gasteiger partial charge in [0.2, 0.25) is 17.7 Å². The lowest BCUT2D eigenvalue weighted by atomic mass is 10.1. The Morgan fingerprint density at radius 1 is 0.947 bits per heavy atom. The van der Waals surface area contributed by atoms with Crippen LogP contribution in [0.2, 0.25) is 0 Å². The number of hydrogen-bond donors (Lipinski definition) is 1. The Morgan fingerprint density at radius 2 is 1.66 bits per heavy atom. The van der Waals surface area contributed by atoms with Crippen LogP contribution in [-0.4, -0.2) is 91.1 Å². The predicted molar refractivity (Wildman–Crippen MR) is 143 cm³/mol. The average Bonchev–Trinajstić information content (AvgIpc) is 3.43. The number of amides is 3. The lowest BCUT2D eigenvalue weighted by molar-refractivity contribution is -0.144. The van der Waals surface area contributed by atoms with Gasteiger partial charge < -0.3 is 24.6 Å². The number of carbonyl (C=O) groups is 3. The Morgan fingerprint density at radius 3 is 2.32 bits per heavy atom. The van der Waals surface area contributed by atoms with Gasteiger partial charge in [0.05, 0.1) is 6.54 Å². The molecule has 4 rings (SSSR count). The zero-order chi connectivity index (χ0) is 26.9. The minimum atomic E-state index is -0.443. The average molecular weight is 523 g/mol. The molecular weight excluding hydrogens is 484 g/mol. The van der Waals surface area contributed by atoms with Crippen LogP contribution in [0.1, 0.15) is 30.9 Å². The van der Waals surface area contributed by atoms with E-state index in [2.05, 4.69) is 5.32 Å². The fraction of sp³-hybridized carbons (Fsp3) is 0.483. The van der Waals surface area contributed by atoms with E-state index in [-0.39, 0.29) is 30.3 Å². The molecule has 9 nitrogen and oxygen atoms in total. The minimum absolute atomic E-state index is 0.0257. The molecule has 2 atom stereocenters. The molecule has 0 spiro atoms. The highest BCUT2D eigenvalue weighted by Gasteiger charge is 2.36. The highest BCUT2D eigenvalue weighted by molar-refractivity contribution is 5.87. The van der Waals surface area contributed by atoms with E-state index >= 15 is 0 Å². The van der Waals surface area contributed by atoms with E-state index in [4.69, 9.17) is 9.47 Å². The van der Waals surface area contributed by atoms with E-state index in [1.54, 1.807) is 12.0 Å². The summed E-state index contributed by atoms with van der Waals surface area (Å²) in [7, 11) is 1.58. The van der Waals surface area contributed by atoms with Gasteiger partial charge in [0, 0.05) is 53.2 Å². The zero-order valence-electron chi connectivity index (χ0n) is 22.3. The molecule has 0 bridgehead atoms. The van der Waals surface area contributed by atoms with Crippen LogP contribution in [0.5, 0.6) is 5.75 Å². The first-order valence-corrected chi connectivity index (χ1v) is 13.3. The molecule has 2 aromatic rings. The summed E-state index contributed by atoms with van der Waals surface area (Å²) in [6.45, 7) is 5.28. The lowest BCUT2D eigenvalue weighted by Crippen LogP contribution is -2.55. The van der Waals surface area contributed by atoms with Gasteiger partial charge in [0.15, 0.2) is 0 Å². The third-order valence-corrected chi connectivity index (χ3v) is 7.19. The molecule has 3 amide bonds. The third kappa shape index (κ3) is 7.55.